The van der Waals surface area contributed by atoms with Crippen LogP contribution >= 0.6 is 0 Å². The van der Waals surface area contributed by atoms with Crippen molar-refractivity contribution in [3.05, 3.63) is 29.3 Å². The fraction of sp³-hybridized carbons (Fsp3) is 0.462. The second kappa shape index (κ2) is 6.31. The van der Waals surface area contributed by atoms with Crippen LogP contribution in [0.1, 0.15) is 11.1 Å². The number of urea groups is 1. The molecule has 3 N–H and O–H groups in total. The fourth-order valence-corrected chi connectivity index (χ4v) is 2.07. The van der Waals surface area contributed by atoms with Crippen molar-refractivity contribution in [3.63, 3.8) is 0 Å². The third kappa shape index (κ3) is 3.85. The summed E-state index contributed by atoms with van der Waals surface area (Å²) in [5.41, 5.74) is 4.56. The lowest BCUT2D eigenvalue weighted by Crippen LogP contribution is -2.43. The fourth-order valence-electron chi connectivity index (χ4n) is 2.07. The number of ether oxygens (including phenoxy) is 1. The lowest BCUT2D eigenvalue weighted by molar-refractivity contribution is -0.138. The summed E-state index contributed by atoms with van der Waals surface area (Å²) in [7, 11) is 0. The molecular weight excluding hydrogens is 287 g/mol. The summed E-state index contributed by atoms with van der Waals surface area (Å²) >= 11 is 0. The maximum Gasteiger partial charge on any atom is 0.416 e. The van der Waals surface area contributed by atoms with Crippen molar-refractivity contribution < 1.29 is 22.7 Å². The molecule has 0 atom stereocenters. The highest BCUT2D eigenvalue weighted by Crippen LogP contribution is 2.33. The number of rotatable bonds is 2. The van der Waals surface area contributed by atoms with E-state index in [0.29, 0.717) is 26.3 Å². The summed E-state index contributed by atoms with van der Waals surface area (Å²) in [5.74, 6) is 0. The summed E-state index contributed by atoms with van der Waals surface area (Å²) in [6.07, 6.45) is -4.51. The molecule has 116 valence electrons. The standard InChI is InChI=1S/C13H16F3N3O2/c14-13(15,16)11-7-10(2-1-9(11)8-17)18-12(20)19-3-5-21-6-4-19/h1-2,7H,3-6,8,17H2,(H,18,20). The molecule has 1 aromatic carbocycles. The SMILES string of the molecule is NCc1ccc(NC(=O)N2CCOCC2)cc1C(F)(F)F. The molecule has 0 aliphatic carbocycles. The van der Waals surface area contributed by atoms with Crippen LogP contribution < -0.4 is 11.1 Å². The second-order valence-electron chi connectivity index (χ2n) is 4.60. The van der Waals surface area contributed by atoms with Gasteiger partial charge in [-0.2, -0.15) is 13.2 Å². The number of carbonyl (C=O) groups excluding carboxylic acids is 1. The van der Waals surface area contributed by atoms with Crippen LogP contribution in [0.5, 0.6) is 0 Å². The van der Waals surface area contributed by atoms with E-state index in [0.717, 1.165) is 6.07 Å². The van der Waals surface area contributed by atoms with Crippen LogP contribution in [0.2, 0.25) is 0 Å². The molecule has 1 saturated heterocycles. The first-order valence-electron chi connectivity index (χ1n) is 6.45. The van der Waals surface area contributed by atoms with Gasteiger partial charge in [-0.25, -0.2) is 4.79 Å². The Kier molecular flexibility index (Phi) is 4.69. The van der Waals surface area contributed by atoms with Gasteiger partial charge < -0.3 is 20.7 Å². The van der Waals surface area contributed by atoms with Crippen LogP contribution in [0.3, 0.4) is 0 Å². The van der Waals surface area contributed by atoms with E-state index < -0.39 is 17.8 Å². The quantitative estimate of drug-likeness (QED) is 0.878. The highest BCUT2D eigenvalue weighted by molar-refractivity contribution is 5.89. The number of amides is 2. The minimum Gasteiger partial charge on any atom is -0.378 e. The number of nitrogens with two attached hydrogens (primary N) is 1. The number of nitrogens with one attached hydrogen (secondary N) is 1. The first kappa shape index (κ1) is 15.6. The molecular formula is C13H16F3N3O2. The van der Waals surface area contributed by atoms with Gasteiger partial charge in [0.2, 0.25) is 0 Å². The van der Waals surface area contributed by atoms with Gasteiger partial charge in [0, 0.05) is 25.3 Å². The van der Waals surface area contributed by atoms with E-state index in [9.17, 15) is 18.0 Å². The Bertz CT molecular complexity index is 514. The van der Waals surface area contributed by atoms with E-state index in [1.807, 2.05) is 0 Å². The predicted octanol–water partition coefficient (Wildman–Crippen LogP) is 2.03. The van der Waals surface area contributed by atoms with Gasteiger partial charge in [-0.05, 0) is 17.7 Å². The van der Waals surface area contributed by atoms with Gasteiger partial charge in [0.05, 0.1) is 18.8 Å². The second-order valence-corrected chi connectivity index (χ2v) is 4.60. The van der Waals surface area contributed by atoms with Crippen molar-refractivity contribution in [1.29, 1.82) is 0 Å². The van der Waals surface area contributed by atoms with E-state index in [1.165, 1.54) is 17.0 Å². The highest BCUT2D eigenvalue weighted by Gasteiger charge is 2.33. The topological polar surface area (TPSA) is 67.6 Å². The summed E-state index contributed by atoms with van der Waals surface area (Å²) < 4.78 is 43.8. The number of anilines is 1. The average Bonchev–Trinajstić information content (AvgIpc) is 2.47. The van der Waals surface area contributed by atoms with Crippen LogP contribution in [-0.4, -0.2) is 37.2 Å². The number of carbonyl (C=O) groups is 1. The molecule has 21 heavy (non-hydrogen) atoms. The molecule has 1 aromatic rings. The first-order valence-corrected chi connectivity index (χ1v) is 6.45. The first-order chi connectivity index (χ1) is 9.91. The molecule has 0 radical (unpaired) electrons. The molecule has 2 amide bonds. The number of hydrogen-bond donors (Lipinski definition) is 2. The molecule has 5 nitrogen and oxygen atoms in total. The monoisotopic (exact) mass is 303 g/mol. The number of nitrogens with zero attached hydrogens (tertiary/aromatic N) is 1. The Morgan fingerprint density at radius 2 is 2.00 bits per heavy atom. The molecule has 0 saturated carbocycles. The normalized spacial score (nSPS) is 15.9. The molecule has 1 aliphatic rings. The highest BCUT2D eigenvalue weighted by atomic mass is 19.4. The zero-order valence-electron chi connectivity index (χ0n) is 11.2. The third-order valence-electron chi connectivity index (χ3n) is 3.18. The molecule has 1 heterocycles. The largest absolute Gasteiger partial charge is 0.416 e. The molecule has 0 aromatic heterocycles. The van der Waals surface area contributed by atoms with E-state index in [4.69, 9.17) is 10.5 Å². The molecule has 0 unspecified atom stereocenters. The van der Waals surface area contributed by atoms with Crippen molar-refractivity contribution in [3.8, 4) is 0 Å². The Morgan fingerprint density at radius 3 is 2.57 bits per heavy atom. The van der Waals surface area contributed by atoms with Gasteiger partial charge in [-0.1, -0.05) is 6.07 Å². The van der Waals surface area contributed by atoms with Crippen LogP contribution in [-0.2, 0) is 17.5 Å². The van der Waals surface area contributed by atoms with Gasteiger partial charge in [-0.3, -0.25) is 0 Å². The number of morpholine rings is 1. The Morgan fingerprint density at radius 1 is 1.33 bits per heavy atom. The third-order valence-corrected chi connectivity index (χ3v) is 3.18. The van der Waals surface area contributed by atoms with E-state index in [-0.39, 0.29) is 17.8 Å². The maximum atomic E-state index is 12.9. The van der Waals surface area contributed by atoms with E-state index in [2.05, 4.69) is 5.32 Å². The molecule has 1 aliphatic heterocycles. The van der Waals surface area contributed by atoms with E-state index >= 15 is 0 Å². The van der Waals surface area contributed by atoms with Gasteiger partial charge >= 0.3 is 12.2 Å². The molecule has 1 fully saturated rings. The van der Waals surface area contributed by atoms with Gasteiger partial charge in [0.25, 0.3) is 0 Å². The minimum atomic E-state index is -4.51. The van der Waals surface area contributed by atoms with Crippen molar-refractivity contribution in [2.24, 2.45) is 5.73 Å². The Balaban J connectivity index is 2.15. The minimum absolute atomic E-state index is 0.00753. The van der Waals surface area contributed by atoms with Crippen LogP contribution in [0.15, 0.2) is 18.2 Å². The Labute approximate surface area is 119 Å². The van der Waals surface area contributed by atoms with Crippen molar-refractivity contribution >= 4 is 11.7 Å². The van der Waals surface area contributed by atoms with Crippen molar-refractivity contribution in [2.75, 3.05) is 31.6 Å². The molecule has 0 bridgehead atoms. The van der Waals surface area contributed by atoms with Crippen LogP contribution in [0.25, 0.3) is 0 Å². The van der Waals surface area contributed by atoms with Crippen molar-refractivity contribution in [2.45, 2.75) is 12.7 Å². The summed E-state index contributed by atoms with van der Waals surface area (Å²) in [6, 6.07) is 3.15. The zero-order valence-corrected chi connectivity index (χ0v) is 11.2. The summed E-state index contributed by atoms with van der Waals surface area (Å²) in [5, 5.41) is 2.47. The smallest absolute Gasteiger partial charge is 0.378 e. The van der Waals surface area contributed by atoms with Crippen LogP contribution in [0.4, 0.5) is 23.7 Å². The number of halogens is 3. The van der Waals surface area contributed by atoms with Gasteiger partial charge in [0.1, 0.15) is 0 Å². The van der Waals surface area contributed by atoms with Crippen molar-refractivity contribution in [1.82, 2.24) is 4.90 Å². The van der Waals surface area contributed by atoms with Crippen LogP contribution in [0, 0.1) is 0 Å². The lowest BCUT2D eigenvalue weighted by atomic mass is 10.1. The van der Waals surface area contributed by atoms with Gasteiger partial charge in [-0.15, -0.1) is 0 Å². The van der Waals surface area contributed by atoms with Gasteiger partial charge in [0.15, 0.2) is 0 Å². The number of hydrogen-bond acceptors (Lipinski definition) is 3. The lowest BCUT2D eigenvalue weighted by Gasteiger charge is -2.27. The van der Waals surface area contributed by atoms with E-state index in [1.54, 1.807) is 0 Å². The molecule has 0 spiro atoms. The summed E-state index contributed by atoms with van der Waals surface area (Å²) in [4.78, 5) is 13.4. The zero-order chi connectivity index (χ0) is 15.5. The predicted molar refractivity (Wildman–Crippen MR) is 70.7 cm³/mol. The molecule has 2 rings (SSSR count). The number of alkyl halides is 3. The average molecular weight is 303 g/mol. The maximum absolute atomic E-state index is 12.9. The Hall–Kier alpha value is -1.80. The number of benzene rings is 1. The summed E-state index contributed by atoms with van der Waals surface area (Å²) in [6.45, 7) is 1.46. The molecule has 8 heteroatoms.